The topological polar surface area (TPSA) is 38.3 Å². The molecule has 0 saturated carbocycles. The van der Waals surface area contributed by atoms with E-state index in [1.54, 1.807) is 25.3 Å². The van der Waals surface area contributed by atoms with Crippen LogP contribution in [0, 0.1) is 0 Å². The average Bonchev–Trinajstić information content (AvgIpc) is 2.49. The van der Waals surface area contributed by atoms with Crippen LogP contribution >= 0.6 is 23.2 Å². The summed E-state index contributed by atoms with van der Waals surface area (Å²) in [5.74, 6) is -0.194. The Balaban J connectivity index is 2.05. The van der Waals surface area contributed by atoms with E-state index >= 15 is 0 Å². The van der Waals surface area contributed by atoms with E-state index in [1.807, 2.05) is 24.3 Å². The van der Waals surface area contributed by atoms with E-state index in [0.717, 1.165) is 11.1 Å². The summed E-state index contributed by atoms with van der Waals surface area (Å²) in [6, 6.07) is 12.6. The van der Waals surface area contributed by atoms with Gasteiger partial charge >= 0.3 is 0 Å². The number of rotatable bonds is 5. The van der Waals surface area contributed by atoms with Crippen molar-refractivity contribution >= 4 is 29.1 Å². The zero-order chi connectivity index (χ0) is 15.2. The lowest BCUT2D eigenvalue weighted by Gasteiger charge is -2.10. The van der Waals surface area contributed by atoms with Crippen molar-refractivity contribution in [3.63, 3.8) is 0 Å². The highest BCUT2D eigenvalue weighted by atomic mass is 35.5. The van der Waals surface area contributed by atoms with Crippen LogP contribution in [0.1, 0.15) is 21.5 Å². The van der Waals surface area contributed by atoms with E-state index < -0.39 is 0 Å². The number of ether oxygens (including phenoxy) is 1. The van der Waals surface area contributed by atoms with Gasteiger partial charge in [-0.3, -0.25) is 4.79 Å². The Morgan fingerprint density at radius 2 is 1.81 bits per heavy atom. The van der Waals surface area contributed by atoms with Crippen molar-refractivity contribution in [2.75, 3.05) is 7.11 Å². The van der Waals surface area contributed by atoms with Crippen molar-refractivity contribution in [2.45, 2.75) is 13.2 Å². The molecule has 0 bridgehead atoms. The molecule has 0 atom stereocenters. The van der Waals surface area contributed by atoms with Crippen molar-refractivity contribution in [1.82, 2.24) is 5.32 Å². The van der Waals surface area contributed by atoms with Crippen LogP contribution in [-0.4, -0.2) is 13.0 Å². The van der Waals surface area contributed by atoms with Gasteiger partial charge in [0.05, 0.1) is 16.7 Å². The Labute approximate surface area is 133 Å². The largest absolute Gasteiger partial charge is 0.380 e. The molecule has 110 valence electrons. The Morgan fingerprint density at radius 3 is 2.48 bits per heavy atom. The van der Waals surface area contributed by atoms with Crippen LogP contribution in [0.15, 0.2) is 42.5 Å². The maximum absolute atomic E-state index is 12.1. The molecule has 3 nitrogen and oxygen atoms in total. The van der Waals surface area contributed by atoms with Crippen molar-refractivity contribution in [3.05, 3.63) is 69.2 Å². The van der Waals surface area contributed by atoms with Gasteiger partial charge in [0, 0.05) is 19.2 Å². The molecule has 0 aliphatic rings. The maximum atomic E-state index is 12.1. The molecule has 0 heterocycles. The minimum absolute atomic E-state index is 0.194. The maximum Gasteiger partial charge on any atom is 0.251 e. The minimum atomic E-state index is -0.194. The molecular formula is C16H15Cl2NO2. The number of halogens is 2. The highest BCUT2D eigenvalue weighted by Gasteiger charge is 2.09. The summed E-state index contributed by atoms with van der Waals surface area (Å²) in [5.41, 5.74) is 2.55. The number of nitrogens with one attached hydrogen (secondary N) is 1. The van der Waals surface area contributed by atoms with Gasteiger partial charge in [0.15, 0.2) is 0 Å². The van der Waals surface area contributed by atoms with Gasteiger partial charge in [-0.05, 0) is 29.3 Å². The molecule has 21 heavy (non-hydrogen) atoms. The third kappa shape index (κ3) is 4.21. The van der Waals surface area contributed by atoms with Crippen LogP contribution < -0.4 is 5.32 Å². The lowest BCUT2D eigenvalue weighted by atomic mass is 10.1. The predicted molar refractivity (Wildman–Crippen MR) is 84.8 cm³/mol. The van der Waals surface area contributed by atoms with Gasteiger partial charge in [-0.15, -0.1) is 0 Å². The van der Waals surface area contributed by atoms with Crippen LogP contribution in [0.5, 0.6) is 0 Å². The van der Waals surface area contributed by atoms with Crippen LogP contribution in [0.25, 0.3) is 0 Å². The Bertz CT molecular complexity index is 644. The fourth-order valence-corrected chi connectivity index (χ4v) is 2.24. The molecule has 0 spiro atoms. The van der Waals surface area contributed by atoms with Crippen molar-refractivity contribution in [1.29, 1.82) is 0 Å². The summed E-state index contributed by atoms with van der Waals surface area (Å²) >= 11 is 11.7. The smallest absolute Gasteiger partial charge is 0.251 e. The normalized spacial score (nSPS) is 10.4. The molecule has 5 heteroatoms. The number of hydrogen-bond acceptors (Lipinski definition) is 2. The van der Waals surface area contributed by atoms with Gasteiger partial charge in [0.1, 0.15) is 0 Å². The Morgan fingerprint density at radius 1 is 1.10 bits per heavy atom. The zero-order valence-corrected chi connectivity index (χ0v) is 13.0. The first-order valence-electron chi connectivity index (χ1n) is 6.41. The van der Waals surface area contributed by atoms with Crippen LogP contribution in [-0.2, 0) is 17.9 Å². The molecule has 2 aromatic rings. The van der Waals surface area contributed by atoms with E-state index in [0.29, 0.717) is 28.8 Å². The van der Waals surface area contributed by atoms with Gasteiger partial charge in [-0.25, -0.2) is 0 Å². The molecule has 0 saturated heterocycles. The predicted octanol–water partition coefficient (Wildman–Crippen LogP) is 4.07. The number of carbonyl (C=O) groups excluding carboxylic acids is 1. The first kappa shape index (κ1) is 15.8. The summed E-state index contributed by atoms with van der Waals surface area (Å²) in [6.07, 6.45) is 0. The minimum Gasteiger partial charge on any atom is -0.380 e. The SMILES string of the molecule is COCc1ccccc1CNC(=O)c1ccc(Cl)c(Cl)c1. The van der Waals surface area contributed by atoms with Crippen LogP contribution in [0.2, 0.25) is 10.0 Å². The second-order valence-corrected chi connectivity index (χ2v) is 5.33. The summed E-state index contributed by atoms with van der Waals surface area (Å²) in [5, 5.41) is 3.66. The molecule has 0 unspecified atom stereocenters. The van der Waals surface area contributed by atoms with Gasteiger partial charge in [-0.2, -0.15) is 0 Å². The van der Waals surface area contributed by atoms with E-state index in [-0.39, 0.29) is 5.91 Å². The van der Waals surface area contributed by atoms with Crippen LogP contribution in [0.3, 0.4) is 0 Å². The van der Waals surface area contributed by atoms with Crippen LogP contribution in [0.4, 0.5) is 0 Å². The average molecular weight is 324 g/mol. The summed E-state index contributed by atoms with van der Waals surface area (Å²) < 4.78 is 5.14. The van der Waals surface area contributed by atoms with Crippen molar-refractivity contribution < 1.29 is 9.53 Å². The van der Waals surface area contributed by atoms with E-state index in [1.165, 1.54) is 0 Å². The van der Waals surface area contributed by atoms with E-state index in [2.05, 4.69) is 5.32 Å². The molecular weight excluding hydrogens is 309 g/mol. The quantitative estimate of drug-likeness (QED) is 0.900. The molecule has 0 aliphatic heterocycles. The highest BCUT2D eigenvalue weighted by Crippen LogP contribution is 2.22. The number of methoxy groups -OCH3 is 1. The number of benzene rings is 2. The molecule has 2 aromatic carbocycles. The van der Waals surface area contributed by atoms with E-state index in [4.69, 9.17) is 27.9 Å². The standard InChI is InChI=1S/C16H15Cl2NO2/c1-21-10-13-5-3-2-4-12(13)9-19-16(20)11-6-7-14(17)15(18)8-11/h2-8H,9-10H2,1H3,(H,19,20). The molecule has 1 amide bonds. The fourth-order valence-electron chi connectivity index (χ4n) is 1.94. The molecule has 1 N–H and O–H groups in total. The molecule has 0 fully saturated rings. The number of hydrogen-bond donors (Lipinski definition) is 1. The summed E-state index contributed by atoms with van der Waals surface area (Å²) in [7, 11) is 1.64. The lowest BCUT2D eigenvalue weighted by Crippen LogP contribution is -2.23. The zero-order valence-electron chi connectivity index (χ0n) is 11.5. The monoisotopic (exact) mass is 323 g/mol. The van der Waals surface area contributed by atoms with Gasteiger partial charge in [0.25, 0.3) is 5.91 Å². The molecule has 0 aliphatic carbocycles. The van der Waals surface area contributed by atoms with Gasteiger partial charge in [-0.1, -0.05) is 47.5 Å². The fraction of sp³-hybridized carbons (Fsp3) is 0.188. The van der Waals surface area contributed by atoms with Gasteiger partial charge in [0.2, 0.25) is 0 Å². The summed E-state index contributed by atoms with van der Waals surface area (Å²) in [4.78, 5) is 12.1. The second-order valence-electron chi connectivity index (χ2n) is 4.51. The first-order chi connectivity index (χ1) is 10.1. The van der Waals surface area contributed by atoms with Crippen molar-refractivity contribution in [3.8, 4) is 0 Å². The van der Waals surface area contributed by atoms with Crippen molar-refractivity contribution in [2.24, 2.45) is 0 Å². The lowest BCUT2D eigenvalue weighted by molar-refractivity contribution is 0.0950. The third-order valence-corrected chi connectivity index (χ3v) is 3.78. The molecule has 0 radical (unpaired) electrons. The third-order valence-electron chi connectivity index (χ3n) is 3.04. The van der Waals surface area contributed by atoms with E-state index in [9.17, 15) is 4.79 Å². The molecule has 0 aromatic heterocycles. The number of carbonyl (C=O) groups is 1. The Kier molecular flexibility index (Phi) is 5.62. The number of amides is 1. The highest BCUT2D eigenvalue weighted by molar-refractivity contribution is 6.42. The van der Waals surface area contributed by atoms with Gasteiger partial charge < -0.3 is 10.1 Å². The first-order valence-corrected chi connectivity index (χ1v) is 7.16. The molecule has 2 rings (SSSR count). The second kappa shape index (κ2) is 7.46. The Hall–Kier alpha value is -1.55. The summed E-state index contributed by atoms with van der Waals surface area (Å²) in [6.45, 7) is 0.942.